The summed E-state index contributed by atoms with van der Waals surface area (Å²) in [5.41, 5.74) is 2.21. The van der Waals surface area contributed by atoms with Crippen molar-refractivity contribution >= 4 is 0 Å². The van der Waals surface area contributed by atoms with Gasteiger partial charge in [0.2, 0.25) is 0 Å². The summed E-state index contributed by atoms with van der Waals surface area (Å²) < 4.78 is 1.88. The molecule has 0 bridgehead atoms. The van der Waals surface area contributed by atoms with Crippen molar-refractivity contribution in [2.24, 2.45) is 0 Å². The molecule has 0 aliphatic carbocycles. The first-order chi connectivity index (χ1) is 8.53. The smallest absolute Gasteiger partial charge is 0.0831 e. The highest BCUT2D eigenvalue weighted by Gasteiger charge is 2.09. The number of hydrogen-bond acceptors (Lipinski definition) is 3. The summed E-state index contributed by atoms with van der Waals surface area (Å²) >= 11 is 0. The molecule has 0 saturated carbocycles. The van der Waals surface area contributed by atoms with E-state index in [-0.39, 0.29) is 5.54 Å². The van der Waals surface area contributed by atoms with Gasteiger partial charge >= 0.3 is 0 Å². The molecule has 0 amide bonds. The highest BCUT2D eigenvalue weighted by Crippen LogP contribution is 2.05. The monoisotopic (exact) mass is 244 g/mol. The Morgan fingerprint density at radius 3 is 2.61 bits per heavy atom. The van der Waals surface area contributed by atoms with Gasteiger partial charge < -0.3 is 5.32 Å². The third-order valence-electron chi connectivity index (χ3n) is 2.55. The average Bonchev–Trinajstić information content (AvgIpc) is 2.79. The number of nitrogens with zero attached hydrogens (tertiary/aromatic N) is 3. The Morgan fingerprint density at radius 1 is 1.17 bits per heavy atom. The normalized spacial score (nSPS) is 11.7. The van der Waals surface area contributed by atoms with E-state index in [9.17, 15) is 0 Å². The van der Waals surface area contributed by atoms with Crippen LogP contribution < -0.4 is 5.32 Å². The zero-order valence-electron chi connectivity index (χ0n) is 11.2. The maximum atomic E-state index is 4.63. The molecule has 0 atom stereocenters. The number of hydrogen-bond donors (Lipinski definition) is 1. The molecule has 0 aromatic carbocycles. The average molecular weight is 244 g/mol. The van der Waals surface area contributed by atoms with Crippen molar-refractivity contribution in [2.75, 3.05) is 0 Å². The fourth-order valence-electron chi connectivity index (χ4n) is 1.63. The zero-order valence-corrected chi connectivity index (χ0v) is 11.2. The molecule has 0 radical (unpaired) electrons. The minimum absolute atomic E-state index is 0.111. The number of pyridine rings is 1. The third-order valence-corrected chi connectivity index (χ3v) is 2.55. The van der Waals surface area contributed by atoms with Crippen molar-refractivity contribution in [2.45, 2.75) is 39.4 Å². The molecule has 0 spiro atoms. The summed E-state index contributed by atoms with van der Waals surface area (Å²) in [5.74, 6) is 0. The van der Waals surface area contributed by atoms with Gasteiger partial charge in [-0.05, 0) is 39.0 Å². The molecule has 2 rings (SSSR count). The van der Waals surface area contributed by atoms with E-state index in [0.717, 1.165) is 24.5 Å². The SMILES string of the molecule is CC(C)(C)NCc1cccc(Cn2cccn2)n1. The molecule has 1 N–H and O–H groups in total. The van der Waals surface area contributed by atoms with E-state index in [1.807, 2.05) is 35.1 Å². The van der Waals surface area contributed by atoms with Crippen LogP contribution in [-0.4, -0.2) is 20.3 Å². The zero-order chi connectivity index (χ0) is 13.0. The van der Waals surface area contributed by atoms with Gasteiger partial charge in [0.25, 0.3) is 0 Å². The molecule has 2 aromatic heterocycles. The number of rotatable bonds is 4. The van der Waals surface area contributed by atoms with E-state index in [4.69, 9.17) is 0 Å². The predicted molar refractivity (Wildman–Crippen MR) is 72.2 cm³/mol. The summed E-state index contributed by atoms with van der Waals surface area (Å²) in [6.07, 6.45) is 3.73. The van der Waals surface area contributed by atoms with Crippen molar-refractivity contribution in [1.29, 1.82) is 0 Å². The first kappa shape index (κ1) is 12.8. The van der Waals surface area contributed by atoms with Crippen LogP contribution in [0.5, 0.6) is 0 Å². The van der Waals surface area contributed by atoms with Crippen LogP contribution in [0.3, 0.4) is 0 Å². The molecule has 18 heavy (non-hydrogen) atoms. The second-order valence-electron chi connectivity index (χ2n) is 5.43. The third kappa shape index (κ3) is 3.96. The Labute approximate surface area is 108 Å². The first-order valence-electron chi connectivity index (χ1n) is 6.20. The van der Waals surface area contributed by atoms with E-state index in [2.05, 4.69) is 36.2 Å². The molecular weight excluding hydrogens is 224 g/mol. The Kier molecular flexibility index (Phi) is 3.77. The second-order valence-corrected chi connectivity index (χ2v) is 5.43. The minimum Gasteiger partial charge on any atom is -0.306 e. The molecule has 0 fully saturated rings. The van der Waals surface area contributed by atoms with Crippen LogP contribution in [0, 0.1) is 0 Å². The molecule has 0 aliphatic rings. The second kappa shape index (κ2) is 5.31. The van der Waals surface area contributed by atoms with Crippen molar-refractivity contribution < 1.29 is 0 Å². The lowest BCUT2D eigenvalue weighted by Gasteiger charge is -2.20. The van der Waals surface area contributed by atoms with Crippen LogP contribution in [0.2, 0.25) is 0 Å². The fourth-order valence-corrected chi connectivity index (χ4v) is 1.63. The Balaban J connectivity index is 2.01. The molecule has 2 heterocycles. The highest BCUT2D eigenvalue weighted by atomic mass is 15.3. The van der Waals surface area contributed by atoms with Crippen LogP contribution in [-0.2, 0) is 13.1 Å². The molecule has 0 unspecified atom stereocenters. The lowest BCUT2D eigenvalue weighted by atomic mass is 10.1. The largest absolute Gasteiger partial charge is 0.306 e. The van der Waals surface area contributed by atoms with E-state index in [0.29, 0.717) is 0 Å². The van der Waals surface area contributed by atoms with Gasteiger partial charge in [-0.2, -0.15) is 5.10 Å². The van der Waals surface area contributed by atoms with E-state index in [1.165, 1.54) is 0 Å². The lowest BCUT2D eigenvalue weighted by molar-refractivity contribution is 0.421. The van der Waals surface area contributed by atoms with Crippen molar-refractivity contribution in [3.05, 3.63) is 48.0 Å². The standard InChI is InChI=1S/C14H20N4/c1-14(2,3)15-10-12-6-4-7-13(17-12)11-18-9-5-8-16-18/h4-9,15H,10-11H2,1-3H3. The summed E-state index contributed by atoms with van der Waals surface area (Å²) in [6.45, 7) is 7.97. The van der Waals surface area contributed by atoms with Gasteiger partial charge in [0, 0.05) is 24.5 Å². The summed E-state index contributed by atoms with van der Waals surface area (Å²) in [5, 5.41) is 7.63. The van der Waals surface area contributed by atoms with Crippen LogP contribution in [0.15, 0.2) is 36.7 Å². The van der Waals surface area contributed by atoms with E-state index >= 15 is 0 Å². The molecule has 96 valence electrons. The molecular formula is C14H20N4. The van der Waals surface area contributed by atoms with Gasteiger partial charge in [-0.15, -0.1) is 0 Å². The highest BCUT2D eigenvalue weighted by molar-refractivity contribution is 5.11. The van der Waals surface area contributed by atoms with Gasteiger partial charge in [0.05, 0.1) is 17.9 Å². The van der Waals surface area contributed by atoms with Gasteiger partial charge in [-0.3, -0.25) is 9.67 Å². The molecule has 4 nitrogen and oxygen atoms in total. The van der Waals surface area contributed by atoms with Crippen LogP contribution >= 0.6 is 0 Å². The van der Waals surface area contributed by atoms with Crippen molar-refractivity contribution in [1.82, 2.24) is 20.1 Å². The predicted octanol–water partition coefficient (Wildman–Crippen LogP) is 2.21. The van der Waals surface area contributed by atoms with E-state index in [1.54, 1.807) is 6.20 Å². The maximum Gasteiger partial charge on any atom is 0.0831 e. The molecule has 2 aromatic rings. The summed E-state index contributed by atoms with van der Waals surface area (Å²) in [4.78, 5) is 4.63. The molecule has 0 saturated heterocycles. The minimum atomic E-state index is 0.111. The lowest BCUT2D eigenvalue weighted by Crippen LogP contribution is -2.35. The van der Waals surface area contributed by atoms with Crippen molar-refractivity contribution in [3.8, 4) is 0 Å². The molecule has 4 heteroatoms. The maximum absolute atomic E-state index is 4.63. The van der Waals surface area contributed by atoms with Crippen LogP contribution in [0.4, 0.5) is 0 Å². The van der Waals surface area contributed by atoms with Crippen LogP contribution in [0.1, 0.15) is 32.2 Å². The van der Waals surface area contributed by atoms with Gasteiger partial charge in [-0.1, -0.05) is 6.07 Å². The van der Waals surface area contributed by atoms with Crippen molar-refractivity contribution in [3.63, 3.8) is 0 Å². The molecule has 0 aliphatic heterocycles. The van der Waals surface area contributed by atoms with E-state index < -0.39 is 0 Å². The Hall–Kier alpha value is -1.68. The first-order valence-corrected chi connectivity index (χ1v) is 6.20. The summed E-state index contributed by atoms with van der Waals surface area (Å²) in [6, 6.07) is 8.05. The topological polar surface area (TPSA) is 42.7 Å². The number of aromatic nitrogens is 3. The van der Waals surface area contributed by atoms with Gasteiger partial charge in [0.1, 0.15) is 0 Å². The Morgan fingerprint density at radius 2 is 1.94 bits per heavy atom. The number of nitrogens with one attached hydrogen (secondary N) is 1. The van der Waals surface area contributed by atoms with Gasteiger partial charge in [0.15, 0.2) is 0 Å². The Bertz CT molecular complexity index is 483. The summed E-state index contributed by atoms with van der Waals surface area (Å²) in [7, 11) is 0. The quantitative estimate of drug-likeness (QED) is 0.896. The van der Waals surface area contributed by atoms with Gasteiger partial charge in [-0.25, -0.2) is 0 Å². The fraction of sp³-hybridized carbons (Fsp3) is 0.429. The van der Waals surface area contributed by atoms with Crippen LogP contribution in [0.25, 0.3) is 0 Å².